The van der Waals surface area contributed by atoms with Gasteiger partial charge in [-0.25, -0.2) is 4.39 Å². The van der Waals surface area contributed by atoms with E-state index in [0.717, 1.165) is 68.5 Å². The summed E-state index contributed by atoms with van der Waals surface area (Å²) in [5.41, 5.74) is 2.15. The molecule has 0 aromatic heterocycles. The second kappa shape index (κ2) is 8.39. The van der Waals surface area contributed by atoms with Crippen LogP contribution in [0.15, 0.2) is 48.5 Å². The lowest BCUT2D eigenvalue weighted by Gasteiger charge is -2.39. The summed E-state index contributed by atoms with van der Waals surface area (Å²) >= 11 is 6.10. The standard InChI is InChI=1S/C22H25ClFN3O/c23-18-2-1-3-21(16-18)25-10-8-17(9-11-25)22(28)27-14-12-26(13-15-27)20-6-4-19(24)5-7-20/h1-7,16-17H,8-15H2. The first-order chi connectivity index (χ1) is 13.6. The number of hydrogen-bond donors (Lipinski definition) is 0. The predicted molar refractivity (Wildman–Crippen MR) is 112 cm³/mol. The Morgan fingerprint density at radius 2 is 1.50 bits per heavy atom. The van der Waals surface area contributed by atoms with Crippen molar-refractivity contribution in [1.29, 1.82) is 0 Å². The number of piperidine rings is 1. The third-order valence-electron chi connectivity index (χ3n) is 5.80. The van der Waals surface area contributed by atoms with E-state index < -0.39 is 0 Å². The first-order valence-corrected chi connectivity index (χ1v) is 10.3. The molecule has 4 rings (SSSR count). The van der Waals surface area contributed by atoms with Gasteiger partial charge in [0.2, 0.25) is 5.91 Å². The molecule has 0 saturated carbocycles. The van der Waals surface area contributed by atoms with Crippen LogP contribution in [-0.2, 0) is 4.79 Å². The molecular formula is C22H25ClFN3O. The Morgan fingerprint density at radius 3 is 2.14 bits per heavy atom. The summed E-state index contributed by atoms with van der Waals surface area (Å²) in [4.78, 5) is 19.5. The Labute approximate surface area is 170 Å². The molecule has 2 aliphatic rings. The molecule has 2 heterocycles. The van der Waals surface area contributed by atoms with Crippen LogP contribution < -0.4 is 9.80 Å². The van der Waals surface area contributed by atoms with Crippen molar-refractivity contribution in [1.82, 2.24) is 4.90 Å². The van der Waals surface area contributed by atoms with E-state index in [1.54, 1.807) is 12.1 Å². The van der Waals surface area contributed by atoms with E-state index in [-0.39, 0.29) is 17.6 Å². The number of halogens is 2. The molecule has 0 N–H and O–H groups in total. The lowest BCUT2D eigenvalue weighted by molar-refractivity contribution is -0.136. The van der Waals surface area contributed by atoms with Crippen molar-refractivity contribution in [3.8, 4) is 0 Å². The summed E-state index contributed by atoms with van der Waals surface area (Å²) in [6.45, 7) is 4.80. The van der Waals surface area contributed by atoms with Crippen molar-refractivity contribution in [2.75, 3.05) is 49.1 Å². The summed E-state index contributed by atoms with van der Waals surface area (Å²) in [5, 5.41) is 0.745. The summed E-state index contributed by atoms with van der Waals surface area (Å²) in [6, 6.07) is 14.5. The van der Waals surface area contributed by atoms with Gasteiger partial charge in [-0.2, -0.15) is 0 Å². The zero-order valence-electron chi connectivity index (χ0n) is 15.9. The van der Waals surface area contributed by atoms with Crippen LogP contribution >= 0.6 is 11.6 Å². The number of amides is 1. The van der Waals surface area contributed by atoms with E-state index in [1.807, 2.05) is 23.1 Å². The maximum absolute atomic E-state index is 13.1. The predicted octanol–water partition coefficient (Wildman–Crippen LogP) is 4.04. The monoisotopic (exact) mass is 401 g/mol. The summed E-state index contributed by atoms with van der Waals surface area (Å²) in [7, 11) is 0. The molecule has 2 aromatic rings. The normalized spacial score (nSPS) is 18.4. The molecule has 2 aromatic carbocycles. The molecule has 4 nitrogen and oxygen atoms in total. The quantitative estimate of drug-likeness (QED) is 0.776. The lowest BCUT2D eigenvalue weighted by atomic mass is 9.94. The van der Waals surface area contributed by atoms with Gasteiger partial charge < -0.3 is 14.7 Å². The van der Waals surface area contributed by atoms with Gasteiger partial charge in [0.1, 0.15) is 5.82 Å². The highest BCUT2D eigenvalue weighted by Crippen LogP contribution is 2.27. The first-order valence-electron chi connectivity index (χ1n) is 9.90. The highest BCUT2D eigenvalue weighted by Gasteiger charge is 2.30. The number of carbonyl (C=O) groups is 1. The number of hydrogen-bond acceptors (Lipinski definition) is 3. The lowest BCUT2D eigenvalue weighted by Crippen LogP contribution is -2.51. The van der Waals surface area contributed by atoms with Gasteiger partial charge in [0.25, 0.3) is 0 Å². The largest absolute Gasteiger partial charge is 0.371 e. The van der Waals surface area contributed by atoms with Gasteiger partial charge in [0, 0.05) is 61.6 Å². The van der Waals surface area contributed by atoms with Crippen molar-refractivity contribution >= 4 is 28.9 Å². The number of carbonyl (C=O) groups excluding carboxylic acids is 1. The van der Waals surface area contributed by atoms with E-state index in [9.17, 15) is 9.18 Å². The van der Waals surface area contributed by atoms with Crippen LogP contribution in [0, 0.1) is 11.7 Å². The molecule has 28 heavy (non-hydrogen) atoms. The molecule has 148 valence electrons. The molecule has 2 aliphatic heterocycles. The first kappa shape index (κ1) is 19.1. The summed E-state index contributed by atoms with van der Waals surface area (Å²) in [6.07, 6.45) is 1.76. The maximum atomic E-state index is 13.1. The second-order valence-electron chi connectivity index (χ2n) is 7.53. The third-order valence-corrected chi connectivity index (χ3v) is 6.04. The highest BCUT2D eigenvalue weighted by molar-refractivity contribution is 6.30. The average Bonchev–Trinajstić information content (AvgIpc) is 2.74. The fraction of sp³-hybridized carbons (Fsp3) is 0.409. The van der Waals surface area contributed by atoms with Crippen LogP contribution in [-0.4, -0.2) is 50.1 Å². The molecule has 6 heteroatoms. The van der Waals surface area contributed by atoms with Crippen LogP contribution in [0.25, 0.3) is 0 Å². The second-order valence-corrected chi connectivity index (χ2v) is 7.97. The Kier molecular flexibility index (Phi) is 5.72. The van der Waals surface area contributed by atoms with Crippen molar-refractivity contribution < 1.29 is 9.18 Å². The minimum atomic E-state index is -0.221. The van der Waals surface area contributed by atoms with E-state index in [0.29, 0.717) is 0 Å². The number of piperazine rings is 1. The van der Waals surface area contributed by atoms with Gasteiger partial charge in [-0.1, -0.05) is 17.7 Å². The average molecular weight is 402 g/mol. The smallest absolute Gasteiger partial charge is 0.225 e. The fourth-order valence-electron chi connectivity index (χ4n) is 4.15. The van der Waals surface area contributed by atoms with Crippen molar-refractivity contribution in [3.63, 3.8) is 0 Å². The van der Waals surface area contributed by atoms with Gasteiger partial charge in [-0.15, -0.1) is 0 Å². The molecular weight excluding hydrogens is 377 g/mol. The van der Waals surface area contributed by atoms with Crippen LogP contribution in [0.3, 0.4) is 0 Å². The molecule has 0 atom stereocenters. The maximum Gasteiger partial charge on any atom is 0.225 e. The number of benzene rings is 2. The molecule has 0 radical (unpaired) electrons. The Morgan fingerprint density at radius 1 is 0.857 bits per heavy atom. The van der Waals surface area contributed by atoms with Gasteiger partial charge in [0.05, 0.1) is 0 Å². The van der Waals surface area contributed by atoms with Crippen molar-refractivity contribution in [2.45, 2.75) is 12.8 Å². The van der Waals surface area contributed by atoms with E-state index >= 15 is 0 Å². The van der Waals surface area contributed by atoms with Crippen LogP contribution in [0.1, 0.15) is 12.8 Å². The minimum Gasteiger partial charge on any atom is -0.371 e. The molecule has 0 aliphatic carbocycles. The van der Waals surface area contributed by atoms with Gasteiger partial charge in [0.15, 0.2) is 0 Å². The highest BCUT2D eigenvalue weighted by atomic mass is 35.5. The topological polar surface area (TPSA) is 26.8 Å². The van der Waals surface area contributed by atoms with E-state index in [2.05, 4.69) is 15.9 Å². The zero-order chi connectivity index (χ0) is 19.5. The van der Waals surface area contributed by atoms with Gasteiger partial charge >= 0.3 is 0 Å². The fourth-order valence-corrected chi connectivity index (χ4v) is 4.34. The number of rotatable bonds is 3. The molecule has 0 spiro atoms. The number of nitrogens with zero attached hydrogens (tertiary/aromatic N) is 3. The Hall–Kier alpha value is -2.27. The third kappa shape index (κ3) is 4.25. The summed E-state index contributed by atoms with van der Waals surface area (Å²) < 4.78 is 13.1. The van der Waals surface area contributed by atoms with Crippen LogP contribution in [0.2, 0.25) is 5.02 Å². The molecule has 1 amide bonds. The van der Waals surface area contributed by atoms with Gasteiger partial charge in [-0.05, 0) is 55.3 Å². The van der Waals surface area contributed by atoms with E-state index in [1.165, 1.54) is 12.1 Å². The van der Waals surface area contributed by atoms with Crippen LogP contribution in [0.5, 0.6) is 0 Å². The van der Waals surface area contributed by atoms with E-state index in [4.69, 9.17) is 11.6 Å². The minimum absolute atomic E-state index is 0.104. The Bertz CT molecular complexity index is 813. The molecule has 2 saturated heterocycles. The van der Waals surface area contributed by atoms with Crippen molar-refractivity contribution in [3.05, 3.63) is 59.4 Å². The summed E-state index contributed by atoms with van der Waals surface area (Å²) in [5.74, 6) is 0.166. The molecule has 0 unspecified atom stereocenters. The van der Waals surface area contributed by atoms with Crippen molar-refractivity contribution in [2.24, 2.45) is 5.92 Å². The van der Waals surface area contributed by atoms with Gasteiger partial charge in [-0.3, -0.25) is 4.79 Å². The number of anilines is 2. The SMILES string of the molecule is O=C(C1CCN(c2cccc(Cl)c2)CC1)N1CCN(c2ccc(F)cc2)CC1. The zero-order valence-corrected chi connectivity index (χ0v) is 16.6. The molecule has 2 fully saturated rings. The Balaban J connectivity index is 1.28. The molecule has 0 bridgehead atoms. The van der Waals surface area contributed by atoms with Crippen LogP contribution in [0.4, 0.5) is 15.8 Å².